The SMILES string of the molecule is CCN(C(C)c1nc(-c2cc3c(Nc4ccc(OCc5cccc(F)c5)c(Cl)c4)ncnc3cc2OC)cs1)S(=O)(=O)C(C)C. The molecule has 236 valence electrons. The number of rotatable bonds is 12. The number of nitrogens with zero attached hydrogens (tertiary/aromatic N) is 4. The van der Waals surface area contributed by atoms with Gasteiger partial charge in [0.15, 0.2) is 0 Å². The highest BCUT2D eigenvalue weighted by Gasteiger charge is 2.31. The van der Waals surface area contributed by atoms with Crippen LogP contribution in [0.2, 0.25) is 5.02 Å². The topological polar surface area (TPSA) is 107 Å². The second kappa shape index (κ2) is 13.7. The van der Waals surface area contributed by atoms with E-state index in [0.29, 0.717) is 61.9 Å². The molecule has 5 aromatic rings. The molecular formula is C32H33ClFN5O4S2. The Morgan fingerprint density at radius 3 is 2.56 bits per heavy atom. The Morgan fingerprint density at radius 2 is 1.87 bits per heavy atom. The molecule has 1 unspecified atom stereocenters. The van der Waals surface area contributed by atoms with Gasteiger partial charge in [-0.25, -0.2) is 27.8 Å². The van der Waals surface area contributed by atoms with Crippen LogP contribution in [0, 0.1) is 5.82 Å². The molecule has 13 heteroatoms. The zero-order chi connectivity index (χ0) is 32.3. The lowest BCUT2D eigenvalue weighted by molar-refractivity contribution is 0.306. The zero-order valence-corrected chi connectivity index (χ0v) is 27.8. The van der Waals surface area contributed by atoms with Gasteiger partial charge in [-0.1, -0.05) is 30.7 Å². The van der Waals surface area contributed by atoms with Crippen molar-refractivity contribution in [3.05, 3.63) is 87.7 Å². The number of hydrogen-bond acceptors (Lipinski definition) is 9. The molecule has 5 rings (SSSR count). The Kier molecular flexibility index (Phi) is 9.88. The first-order chi connectivity index (χ1) is 21.5. The van der Waals surface area contributed by atoms with Crippen LogP contribution >= 0.6 is 22.9 Å². The summed E-state index contributed by atoms with van der Waals surface area (Å²) >= 11 is 7.92. The molecule has 0 bridgehead atoms. The van der Waals surface area contributed by atoms with Crippen molar-refractivity contribution in [2.75, 3.05) is 19.0 Å². The number of nitrogens with one attached hydrogen (secondary N) is 1. The van der Waals surface area contributed by atoms with Crippen molar-refractivity contribution < 1.29 is 22.3 Å². The monoisotopic (exact) mass is 669 g/mol. The van der Waals surface area contributed by atoms with Crippen LogP contribution in [0.4, 0.5) is 15.9 Å². The summed E-state index contributed by atoms with van der Waals surface area (Å²) in [5.74, 6) is 1.24. The third-order valence-corrected chi connectivity index (χ3v) is 11.0. The lowest BCUT2D eigenvalue weighted by atomic mass is 10.1. The standard InChI is InChI=1S/C32H33ClFN5O4S2/c1-6-39(45(40,41)19(2)3)20(4)32-38-28(17-44-32)24-14-25-27(15-30(24)42-5)35-18-36-31(25)37-23-10-11-29(26(33)13-23)43-16-21-8-7-9-22(34)12-21/h7-15,17-20H,6,16H2,1-5H3,(H,35,36,37). The van der Waals surface area contributed by atoms with Crippen LogP contribution in [0.1, 0.15) is 44.3 Å². The number of ether oxygens (including phenoxy) is 2. The van der Waals surface area contributed by atoms with E-state index in [1.54, 1.807) is 45.2 Å². The fourth-order valence-electron chi connectivity index (χ4n) is 4.84. The second-order valence-corrected chi connectivity index (χ2v) is 14.3. The van der Waals surface area contributed by atoms with Gasteiger partial charge in [0, 0.05) is 34.6 Å². The Morgan fingerprint density at radius 1 is 1.07 bits per heavy atom. The van der Waals surface area contributed by atoms with Crippen LogP contribution in [0.15, 0.2) is 66.3 Å². The predicted octanol–water partition coefficient (Wildman–Crippen LogP) is 8.00. The number of halogens is 2. The van der Waals surface area contributed by atoms with Crippen LogP contribution in [0.5, 0.6) is 11.5 Å². The number of aromatic nitrogens is 3. The number of hydrogen-bond donors (Lipinski definition) is 1. The molecule has 3 aromatic carbocycles. The van der Waals surface area contributed by atoms with Crippen LogP contribution in [0.3, 0.4) is 0 Å². The fraction of sp³-hybridized carbons (Fsp3) is 0.281. The first kappa shape index (κ1) is 32.6. The molecule has 0 saturated carbocycles. The number of benzene rings is 3. The maximum atomic E-state index is 13.5. The van der Waals surface area contributed by atoms with Crippen LogP contribution in [-0.4, -0.2) is 46.6 Å². The highest BCUT2D eigenvalue weighted by molar-refractivity contribution is 7.89. The van der Waals surface area contributed by atoms with Crippen molar-refractivity contribution >= 4 is 55.4 Å². The fourth-order valence-corrected chi connectivity index (χ4v) is 7.48. The minimum Gasteiger partial charge on any atom is -0.496 e. The minimum atomic E-state index is -3.47. The smallest absolute Gasteiger partial charge is 0.217 e. The zero-order valence-electron chi connectivity index (χ0n) is 25.4. The summed E-state index contributed by atoms with van der Waals surface area (Å²) in [6.07, 6.45) is 1.46. The summed E-state index contributed by atoms with van der Waals surface area (Å²) in [6, 6.07) is 14.8. The molecule has 1 atom stereocenters. The molecule has 0 aliphatic rings. The van der Waals surface area contributed by atoms with Gasteiger partial charge in [-0.15, -0.1) is 11.3 Å². The molecule has 0 aliphatic carbocycles. The summed E-state index contributed by atoms with van der Waals surface area (Å²) < 4.78 is 52.4. The molecule has 2 aromatic heterocycles. The largest absolute Gasteiger partial charge is 0.496 e. The highest BCUT2D eigenvalue weighted by Crippen LogP contribution is 2.39. The van der Waals surface area contributed by atoms with E-state index < -0.39 is 21.3 Å². The average molecular weight is 670 g/mol. The number of anilines is 2. The van der Waals surface area contributed by atoms with Crippen molar-refractivity contribution in [3.63, 3.8) is 0 Å². The van der Waals surface area contributed by atoms with Crippen molar-refractivity contribution in [1.29, 1.82) is 0 Å². The van der Waals surface area contributed by atoms with Gasteiger partial charge in [0.05, 0.1) is 34.6 Å². The Labute approximate surface area is 271 Å². The van der Waals surface area contributed by atoms with E-state index >= 15 is 0 Å². The second-order valence-electron chi connectivity index (χ2n) is 10.5. The molecule has 9 nitrogen and oxygen atoms in total. The summed E-state index contributed by atoms with van der Waals surface area (Å²) in [5, 5.41) is 6.44. The van der Waals surface area contributed by atoms with Crippen molar-refractivity contribution in [3.8, 4) is 22.8 Å². The molecule has 0 fully saturated rings. The van der Waals surface area contributed by atoms with Gasteiger partial charge in [0.25, 0.3) is 0 Å². The van der Waals surface area contributed by atoms with Gasteiger partial charge < -0.3 is 14.8 Å². The number of methoxy groups -OCH3 is 1. The van der Waals surface area contributed by atoms with Crippen LogP contribution in [0.25, 0.3) is 22.2 Å². The third kappa shape index (κ3) is 7.04. The molecule has 0 aliphatic heterocycles. The summed E-state index contributed by atoms with van der Waals surface area (Å²) in [4.78, 5) is 13.7. The Balaban J connectivity index is 1.42. The summed E-state index contributed by atoms with van der Waals surface area (Å²) in [7, 11) is -1.89. The Hall–Kier alpha value is -3.84. The first-order valence-electron chi connectivity index (χ1n) is 14.2. The molecule has 45 heavy (non-hydrogen) atoms. The number of sulfonamides is 1. The molecular weight excluding hydrogens is 637 g/mol. The summed E-state index contributed by atoms with van der Waals surface area (Å²) in [6.45, 7) is 7.54. The predicted molar refractivity (Wildman–Crippen MR) is 178 cm³/mol. The quantitative estimate of drug-likeness (QED) is 0.142. The Bertz CT molecular complexity index is 1940. The first-order valence-corrected chi connectivity index (χ1v) is 17.0. The molecule has 1 N–H and O–H groups in total. The van der Waals surface area contributed by atoms with Crippen molar-refractivity contribution in [1.82, 2.24) is 19.3 Å². The van der Waals surface area contributed by atoms with Crippen LogP contribution in [-0.2, 0) is 16.6 Å². The summed E-state index contributed by atoms with van der Waals surface area (Å²) in [5.41, 5.74) is 3.38. The van der Waals surface area contributed by atoms with Crippen molar-refractivity contribution in [2.24, 2.45) is 0 Å². The minimum absolute atomic E-state index is 0.173. The molecule has 0 amide bonds. The molecule has 0 saturated heterocycles. The van der Waals surface area contributed by atoms with E-state index in [4.69, 9.17) is 26.1 Å². The lowest BCUT2D eigenvalue weighted by Gasteiger charge is -2.27. The third-order valence-electron chi connectivity index (χ3n) is 7.26. The van der Waals surface area contributed by atoms with Gasteiger partial charge in [-0.3, -0.25) is 0 Å². The van der Waals surface area contributed by atoms with E-state index in [2.05, 4.69) is 15.3 Å². The molecule has 0 spiro atoms. The van der Waals surface area contributed by atoms with E-state index in [1.807, 2.05) is 37.4 Å². The van der Waals surface area contributed by atoms with E-state index in [0.717, 1.165) is 5.39 Å². The van der Waals surface area contributed by atoms with Gasteiger partial charge in [0.1, 0.15) is 41.1 Å². The van der Waals surface area contributed by atoms with Gasteiger partial charge in [-0.2, -0.15) is 4.31 Å². The van der Waals surface area contributed by atoms with Gasteiger partial charge in [-0.05, 0) is 62.7 Å². The highest BCUT2D eigenvalue weighted by atomic mass is 35.5. The number of thiazole rings is 1. The maximum absolute atomic E-state index is 13.5. The van der Waals surface area contributed by atoms with Crippen LogP contribution < -0.4 is 14.8 Å². The van der Waals surface area contributed by atoms with Gasteiger partial charge >= 0.3 is 0 Å². The van der Waals surface area contributed by atoms with E-state index in [1.165, 1.54) is 34.1 Å². The average Bonchev–Trinajstić information content (AvgIpc) is 3.51. The van der Waals surface area contributed by atoms with Crippen molar-refractivity contribution in [2.45, 2.75) is 45.6 Å². The molecule has 2 heterocycles. The van der Waals surface area contributed by atoms with E-state index in [-0.39, 0.29) is 12.4 Å². The number of fused-ring (bicyclic) bond motifs is 1. The normalized spacial score (nSPS) is 12.6. The molecule has 0 radical (unpaired) electrons. The van der Waals surface area contributed by atoms with E-state index in [9.17, 15) is 12.8 Å². The van der Waals surface area contributed by atoms with Gasteiger partial charge in [0.2, 0.25) is 10.0 Å². The maximum Gasteiger partial charge on any atom is 0.217 e. The lowest BCUT2D eigenvalue weighted by Crippen LogP contribution is -2.38.